The van der Waals surface area contributed by atoms with Gasteiger partial charge in [0.2, 0.25) is 0 Å². The highest BCUT2D eigenvalue weighted by Gasteiger charge is 2.15. The molecule has 0 aliphatic rings. The fraction of sp³-hybridized carbons (Fsp3) is 0.200. The van der Waals surface area contributed by atoms with Gasteiger partial charge in [-0.2, -0.15) is 0 Å². The van der Waals surface area contributed by atoms with Gasteiger partial charge in [-0.05, 0) is 35.2 Å². The Hall–Kier alpha value is -2.39. The second-order valence-electron chi connectivity index (χ2n) is 6.78. The molecule has 0 radical (unpaired) electrons. The number of halogens is 1. The predicted octanol–water partition coefficient (Wildman–Crippen LogP) is 5.44. The van der Waals surface area contributed by atoms with E-state index in [0.29, 0.717) is 21.8 Å². The number of hydrogen-bond acceptors (Lipinski definition) is 2. The molecule has 1 N–H and O–H groups in total. The van der Waals surface area contributed by atoms with Crippen LogP contribution in [-0.4, -0.2) is 10.9 Å². The first-order chi connectivity index (χ1) is 11.4. The standard InChI is InChI=1S/C20H19ClN2O/c1-20(2,3)14-9-7-13(8-10-14)19(24)23-17-11-12-22-18-15(17)5-4-6-16(18)21/h4-12H,1-3H3,(H,22,23,24). The number of carbonyl (C=O) groups is 1. The van der Waals surface area contributed by atoms with Crippen LogP contribution in [0, 0.1) is 0 Å². The highest BCUT2D eigenvalue weighted by Crippen LogP contribution is 2.27. The Balaban J connectivity index is 1.89. The number of carbonyl (C=O) groups excluding carboxylic acids is 1. The van der Waals surface area contributed by atoms with Crippen LogP contribution in [0.4, 0.5) is 5.69 Å². The molecule has 1 heterocycles. The number of para-hydroxylation sites is 1. The number of anilines is 1. The number of fused-ring (bicyclic) bond motifs is 1. The molecule has 0 atom stereocenters. The Labute approximate surface area is 146 Å². The molecule has 0 aliphatic heterocycles. The summed E-state index contributed by atoms with van der Waals surface area (Å²) in [5.74, 6) is -0.150. The molecule has 24 heavy (non-hydrogen) atoms. The van der Waals surface area contributed by atoms with Crippen molar-refractivity contribution in [1.82, 2.24) is 4.98 Å². The first kappa shape index (κ1) is 16.5. The largest absolute Gasteiger partial charge is 0.321 e. The average Bonchev–Trinajstić information content (AvgIpc) is 2.55. The zero-order chi connectivity index (χ0) is 17.3. The number of amides is 1. The van der Waals surface area contributed by atoms with Crippen molar-refractivity contribution in [2.75, 3.05) is 5.32 Å². The molecular formula is C20H19ClN2O. The highest BCUT2D eigenvalue weighted by molar-refractivity contribution is 6.35. The minimum Gasteiger partial charge on any atom is -0.321 e. The molecule has 0 unspecified atom stereocenters. The third-order valence-electron chi connectivity index (χ3n) is 3.98. The van der Waals surface area contributed by atoms with Gasteiger partial charge in [0.15, 0.2) is 0 Å². The SMILES string of the molecule is CC(C)(C)c1ccc(C(=O)Nc2ccnc3c(Cl)cccc23)cc1. The maximum absolute atomic E-state index is 12.5. The van der Waals surface area contributed by atoms with Crippen molar-refractivity contribution in [1.29, 1.82) is 0 Å². The first-order valence-corrected chi connectivity index (χ1v) is 8.19. The van der Waals surface area contributed by atoms with E-state index in [1.54, 1.807) is 18.3 Å². The molecule has 0 aliphatic carbocycles. The summed E-state index contributed by atoms with van der Waals surface area (Å²) in [6.45, 7) is 6.44. The van der Waals surface area contributed by atoms with E-state index >= 15 is 0 Å². The molecule has 0 bridgehead atoms. The van der Waals surface area contributed by atoms with Gasteiger partial charge < -0.3 is 5.32 Å². The van der Waals surface area contributed by atoms with Gasteiger partial charge in [-0.3, -0.25) is 9.78 Å². The Morgan fingerprint density at radius 1 is 1.04 bits per heavy atom. The molecule has 3 aromatic rings. The molecule has 1 aromatic heterocycles. The minimum atomic E-state index is -0.150. The number of pyridine rings is 1. The molecule has 4 heteroatoms. The second-order valence-corrected chi connectivity index (χ2v) is 7.18. The van der Waals surface area contributed by atoms with Crippen molar-refractivity contribution in [3.05, 3.63) is 70.9 Å². The summed E-state index contributed by atoms with van der Waals surface area (Å²) >= 11 is 6.17. The second kappa shape index (κ2) is 6.25. The van der Waals surface area contributed by atoms with Crippen LogP contribution >= 0.6 is 11.6 Å². The van der Waals surface area contributed by atoms with Crippen molar-refractivity contribution in [2.24, 2.45) is 0 Å². The summed E-state index contributed by atoms with van der Waals surface area (Å²) in [5.41, 5.74) is 3.26. The number of rotatable bonds is 2. The van der Waals surface area contributed by atoms with Crippen molar-refractivity contribution in [3.8, 4) is 0 Å². The van der Waals surface area contributed by atoms with Crippen molar-refractivity contribution >= 4 is 34.1 Å². The van der Waals surface area contributed by atoms with Crippen LogP contribution < -0.4 is 5.32 Å². The van der Waals surface area contributed by atoms with Crippen molar-refractivity contribution in [2.45, 2.75) is 26.2 Å². The lowest BCUT2D eigenvalue weighted by molar-refractivity contribution is 0.102. The lowest BCUT2D eigenvalue weighted by Crippen LogP contribution is -2.14. The van der Waals surface area contributed by atoms with Gasteiger partial charge >= 0.3 is 0 Å². The molecule has 0 saturated carbocycles. The zero-order valence-corrected chi connectivity index (χ0v) is 14.7. The lowest BCUT2D eigenvalue weighted by atomic mass is 9.87. The quantitative estimate of drug-likeness (QED) is 0.676. The van der Waals surface area contributed by atoms with E-state index in [1.165, 1.54) is 5.56 Å². The Morgan fingerprint density at radius 3 is 2.42 bits per heavy atom. The summed E-state index contributed by atoms with van der Waals surface area (Å²) in [6.07, 6.45) is 1.65. The molecule has 122 valence electrons. The van der Waals surface area contributed by atoms with E-state index in [1.807, 2.05) is 36.4 Å². The summed E-state index contributed by atoms with van der Waals surface area (Å²) in [6, 6.07) is 15.0. The summed E-state index contributed by atoms with van der Waals surface area (Å²) < 4.78 is 0. The van der Waals surface area contributed by atoms with Crippen LogP contribution in [-0.2, 0) is 5.41 Å². The number of nitrogens with zero attached hydrogens (tertiary/aromatic N) is 1. The van der Waals surface area contributed by atoms with Crippen LogP contribution in [0.15, 0.2) is 54.7 Å². The van der Waals surface area contributed by atoms with E-state index < -0.39 is 0 Å². The summed E-state index contributed by atoms with van der Waals surface area (Å²) in [7, 11) is 0. The van der Waals surface area contributed by atoms with E-state index in [-0.39, 0.29) is 11.3 Å². The van der Waals surface area contributed by atoms with Crippen LogP contribution in [0.3, 0.4) is 0 Å². The van der Waals surface area contributed by atoms with Crippen molar-refractivity contribution in [3.63, 3.8) is 0 Å². The smallest absolute Gasteiger partial charge is 0.255 e. The summed E-state index contributed by atoms with van der Waals surface area (Å²) in [5, 5.41) is 4.34. The van der Waals surface area contributed by atoms with Gasteiger partial charge in [0.1, 0.15) is 0 Å². The van der Waals surface area contributed by atoms with Crippen LogP contribution in [0.5, 0.6) is 0 Å². The van der Waals surface area contributed by atoms with Gasteiger partial charge in [0.25, 0.3) is 5.91 Å². The Bertz CT molecular complexity index is 896. The molecular weight excluding hydrogens is 320 g/mol. The molecule has 0 spiro atoms. The molecule has 1 amide bonds. The third kappa shape index (κ3) is 3.26. The van der Waals surface area contributed by atoms with E-state index in [0.717, 1.165) is 5.39 Å². The number of aromatic nitrogens is 1. The fourth-order valence-corrected chi connectivity index (χ4v) is 2.79. The first-order valence-electron chi connectivity index (χ1n) is 7.81. The van der Waals surface area contributed by atoms with Gasteiger partial charge in [0.05, 0.1) is 16.2 Å². The monoisotopic (exact) mass is 338 g/mol. The zero-order valence-electron chi connectivity index (χ0n) is 13.9. The molecule has 0 saturated heterocycles. The number of hydrogen-bond donors (Lipinski definition) is 1. The Kier molecular flexibility index (Phi) is 4.29. The molecule has 3 rings (SSSR count). The fourth-order valence-electron chi connectivity index (χ4n) is 2.57. The van der Waals surface area contributed by atoms with Gasteiger partial charge in [0, 0.05) is 17.1 Å². The van der Waals surface area contributed by atoms with Gasteiger partial charge in [-0.1, -0.05) is 56.6 Å². The van der Waals surface area contributed by atoms with E-state index in [4.69, 9.17) is 11.6 Å². The maximum atomic E-state index is 12.5. The molecule has 0 fully saturated rings. The van der Waals surface area contributed by atoms with Crippen LogP contribution in [0.25, 0.3) is 10.9 Å². The topological polar surface area (TPSA) is 42.0 Å². The van der Waals surface area contributed by atoms with Crippen molar-refractivity contribution < 1.29 is 4.79 Å². The lowest BCUT2D eigenvalue weighted by Gasteiger charge is -2.19. The highest BCUT2D eigenvalue weighted by atomic mass is 35.5. The normalized spacial score (nSPS) is 11.5. The van der Waals surface area contributed by atoms with E-state index in [2.05, 4.69) is 31.1 Å². The maximum Gasteiger partial charge on any atom is 0.255 e. The molecule has 3 nitrogen and oxygen atoms in total. The molecule has 2 aromatic carbocycles. The third-order valence-corrected chi connectivity index (χ3v) is 4.29. The average molecular weight is 339 g/mol. The summed E-state index contributed by atoms with van der Waals surface area (Å²) in [4.78, 5) is 16.8. The van der Waals surface area contributed by atoms with Crippen LogP contribution in [0.2, 0.25) is 5.02 Å². The minimum absolute atomic E-state index is 0.0626. The predicted molar refractivity (Wildman–Crippen MR) is 99.8 cm³/mol. The van der Waals surface area contributed by atoms with Gasteiger partial charge in [-0.25, -0.2) is 0 Å². The Morgan fingerprint density at radius 2 is 1.75 bits per heavy atom. The van der Waals surface area contributed by atoms with Crippen LogP contribution in [0.1, 0.15) is 36.7 Å². The number of nitrogens with one attached hydrogen (secondary N) is 1. The number of benzene rings is 2. The van der Waals surface area contributed by atoms with E-state index in [9.17, 15) is 4.79 Å². The van der Waals surface area contributed by atoms with Gasteiger partial charge in [-0.15, -0.1) is 0 Å².